The molecule has 0 saturated carbocycles. The molecule has 35 heavy (non-hydrogen) atoms. The van der Waals surface area contributed by atoms with Crippen LogP contribution in [0.15, 0.2) is 60.8 Å². The number of carboxylic acid groups (broad SMARTS) is 1. The third-order valence-electron chi connectivity index (χ3n) is 6.39. The van der Waals surface area contributed by atoms with Gasteiger partial charge < -0.3 is 20.5 Å². The molecule has 0 spiro atoms. The van der Waals surface area contributed by atoms with E-state index in [1.54, 1.807) is 20.0 Å². The number of ether oxygens (including phenoxy) is 1. The van der Waals surface area contributed by atoms with Crippen LogP contribution in [0.3, 0.4) is 0 Å². The normalized spacial score (nSPS) is 13.9. The van der Waals surface area contributed by atoms with Crippen molar-refractivity contribution in [2.24, 2.45) is 13.0 Å². The van der Waals surface area contributed by atoms with E-state index in [0.29, 0.717) is 12.1 Å². The Morgan fingerprint density at radius 3 is 2.23 bits per heavy atom. The first-order valence-corrected chi connectivity index (χ1v) is 11.5. The van der Waals surface area contributed by atoms with Crippen LogP contribution in [0.5, 0.6) is 0 Å². The molecule has 2 atom stereocenters. The van der Waals surface area contributed by atoms with Crippen molar-refractivity contribution >= 4 is 18.0 Å². The fourth-order valence-corrected chi connectivity index (χ4v) is 4.43. The number of nitrogens with zero attached hydrogens (tertiary/aromatic N) is 2. The molecule has 0 bridgehead atoms. The van der Waals surface area contributed by atoms with Gasteiger partial charge in [0.1, 0.15) is 6.61 Å². The maximum Gasteiger partial charge on any atom is 0.408 e. The molecule has 0 radical (unpaired) electrons. The average molecular weight is 477 g/mol. The number of hydrogen-bond donors (Lipinski definition) is 3. The predicted octanol–water partition coefficient (Wildman–Crippen LogP) is 3.23. The number of benzene rings is 2. The molecule has 4 rings (SSSR count). The molecule has 0 fully saturated rings. The number of alkyl carbamates (subject to hydrolysis) is 1. The van der Waals surface area contributed by atoms with Crippen LogP contribution >= 0.6 is 0 Å². The number of hydrogen-bond acceptors (Lipinski definition) is 5. The lowest BCUT2D eigenvalue weighted by molar-refractivity contribution is -0.141. The average Bonchev–Trinajstić information content (AvgIpc) is 3.42. The van der Waals surface area contributed by atoms with Crippen molar-refractivity contribution < 1.29 is 24.2 Å². The lowest BCUT2D eigenvalue weighted by Gasteiger charge is -2.21. The Morgan fingerprint density at radius 1 is 1.06 bits per heavy atom. The van der Waals surface area contributed by atoms with E-state index in [2.05, 4.69) is 27.9 Å². The minimum Gasteiger partial charge on any atom is -0.481 e. The molecule has 1 aliphatic rings. The highest BCUT2D eigenvalue weighted by Crippen LogP contribution is 2.44. The SMILES string of the molecule is CCC(CNC(=O)C(NC(=O)OCC1c2ccccc2-c2ccccc21)c1ccnn1C)C(=O)O. The van der Waals surface area contributed by atoms with Crippen LogP contribution in [-0.2, 0) is 21.4 Å². The van der Waals surface area contributed by atoms with Crippen molar-refractivity contribution in [2.75, 3.05) is 13.2 Å². The third kappa shape index (κ3) is 5.03. The number of nitrogens with one attached hydrogen (secondary N) is 2. The summed E-state index contributed by atoms with van der Waals surface area (Å²) in [6, 6.07) is 16.6. The van der Waals surface area contributed by atoms with Gasteiger partial charge >= 0.3 is 12.1 Å². The van der Waals surface area contributed by atoms with Crippen LogP contribution in [0.25, 0.3) is 11.1 Å². The van der Waals surface area contributed by atoms with Crippen molar-refractivity contribution in [3.8, 4) is 11.1 Å². The highest BCUT2D eigenvalue weighted by Gasteiger charge is 2.31. The monoisotopic (exact) mass is 476 g/mol. The highest BCUT2D eigenvalue weighted by molar-refractivity contribution is 5.87. The van der Waals surface area contributed by atoms with Gasteiger partial charge in [0.05, 0.1) is 11.6 Å². The second-order valence-corrected chi connectivity index (χ2v) is 8.47. The van der Waals surface area contributed by atoms with Gasteiger partial charge in [-0.05, 0) is 34.7 Å². The van der Waals surface area contributed by atoms with E-state index in [1.807, 2.05) is 36.4 Å². The van der Waals surface area contributed by atoms with Gasteiger partial charge in [0.25, 0.3) is 0 Å². The fourth-order valence-electron chi connectivity index (χ4n) is 4.43. The Labute approximate surface area is 203 Å². The molecule has 1 aromatic heterocycles. The summed E-state index contributed by atoms with van der Waals surface area (Å²) >= 11 is 0. The minimum atomic E-state index is -1.09. The van der Waals surface area contributed by atoms with Gasteiger partial charge in [0.15, 0.2) is 6.04 Å². The topological polar surface area (TPSA) is 123 Å². The van der Waals surface area contributed by atoms with E-state index >= 15 is 0 Å². The van der Waals surface area contributed by atoms with Crippen molar-refractivity contribution in [3.05, 3.63) is 77.6 Å². The van der Waals surface area contributed by atoms with E-state index < -0.39 is 29.9 Å². The summed E-state index contributed by atoms with van der Waals surface area (Å²) in [6.45, 7) is 1.79. The Morgan fingerprint density at radius 2 is 1.69 bits per heavy atom. The Hall–Kier alpha value is -4.14. The summed E-state index contributed by atoms with van der Waals surface area (Å²) in [4.78, 5) is 37.1. The second kappa shape index (κ2) is 10.4. The van der Waals surface area contributed by atoms with Gasteiger partial charge in [-0.15, -0.1) is 0 Å². The van der Waals surface area contributed by atoms with Crippen LogP contribution in [0.4, 0.5) is 4.79 Å². The molecular formula is C26H28N4O5. The molecule has 0 saturated heterocycles. The molecule has 2 unspecified atom stereocenters. The molecule has 2 aromatic carbocycles. The van der Waals surface area contributed by atoms with Crippen LogP contribution in [-0.4, -0.2) is 46.0 Å². The number of aliphatic carboxylic acids is 1. The predicted molar refractivity (Wildman–Crippen MR) is 129 cm³/mol. The van der Waals surface area contributed by atoms with Crippen molar-refractivity contribution in [1.82, 2.24) is 20.4 Å². The summed E-state index contributed by atoms with van der Waals surface area (Å²) < 4.78 is 7.06. The van der Waals surface area contributed by atoms with Crippen LogP contribution < -0.4 is 10.6 Å². The molecular weight excluding hydrogens is 448 g/mol. The first kappa shape index (κ1) is 24.0. The first-order valence-electron chi connectivity index (χ1n) is 11.5. The van der Waals surface area contributed by atoms with Crippen molar-refractivity contribution in [3.63, 3.8) is 0 Å². The van der Waals surface area contributed by atoms with Gasteiger partial charge in [0.2, 0.25) is 5.91 Å². The van der Waals surface area contributed by atoms with Gasteiger partial charge in [-0.1, -0.05) is 55.5 Å². The number of aromatic nitrogens is 2. The number of carbonyl (C=O) groups is 3. The number of carbonyl (C=O) groups excluding carboxylic acids is 2. The molecule has 182 valence electrons. The molecule has 3 aromatic rings. The van der Waals surface area contributed by atoms with Gasteiger partial charge in [-0.3, -0.25) is 14.3 Å². The fraction of sp³-hybridized carbons (Fsp3) is 0.308. The number of carboxylic acids is 1. The number of rotatable bonds is 9. The van der Waals surface area contributed by atoms with E-state index in [4.69, 9.17) is 4.74 Å². The summed E-state index contributed by atoms with van der Waals surface area (Å²) in [5.74, 6) is -2.37. The van der Waals surface area contributed by atoms with Crippen LogP contribution in [0.1, 0.15) is 42.1 Å². The van der Waals surface area contributed by atoms with E-state index in [9.17, 15) is 19.5 Å². The lowest BCUT2D eigenvalue weighted by atomic mass is 9.98. The zero-order valence-electron chi connectivity index (χ0n) is 19.6. The number of amides is 2. The van der Waals surface area contributed by atoms with Gasteiger partial charge in [-0.25, -0.2) is 4.79 Å². The van der Waals surface area contributed by atoms with Crippen LogP contribution in [0.2, 0.25) is 0 Å². The highest BCUT2D eigenvalue weighted by atomic mass is 16.5. The zero-order chi connectivity index (χ0) is 24.9. The molecule has 2 amide bonds. The molecule has 0 aliphatic heterocycles. The molecule has 1 aliphatic carbocycles. The molecule has 3 N–H and O–H groups in total. The maximum atomic E-state index is 12.9. The lowest BCUT2D eigenvalue weighted by Crippen LogP contribution is -2.43. The Balaban J connectivity index is 1.46. The third-order valence-corrected chi connectivity index (χ3v) is 6.39. The Kier molecular flexibility index (Phi) is 7.14. The molecule has 9 nitrogen and oxygen atoms in total. The number of fused-ring (bicyclic) bond motifs is 3. The van der Waals surface area contributed by atoms with Crippen molar-refractivity contribution in [2.45, 2.75) is 25.3 Å². The second-order valence-electron chi connectivity index (χ2n) is 8.47. The summed E-state index contributed by atoms with van der Waals surface area (Å²) in [5.41, 5.74) is 4.85. The molecule has 9 heteroatoms. The maximum absolute atomic E-state index is 12.9. The summed E-state index contributed by atoms with van der Waals surface area (Å²) in [5, 5.41) is 18.6. The Bertz CT molecular complexity index is 1190. The van der Waals surface area contributed by atoms with Gasteiger partial charge in [-0.2, -0.15) is 5.10 Å². The summed E-state index contributed by atoms with van der Waals surface area (Å²) in [7, 11) is 1.65. The zero-order valence-corrected chi connectivity index (χ0v) is 19.6. The van der Waals surface area contributed by atoms with Crippen LogP contribution in [0, 0.1) is 5.92 Å². The standard InChI is InChI=1S/C26H28N4O5/c1-3-16(25(32)33)14-27-24(31)23(22-12-13-28-30(22)2)29-26(34)35-15-21-19-10-6-4-8-17(19)18-9-5-7-11-20(18)21/h4-13,16,21,23H,3,14-15H2,1-2H3,(H,27,31)(H,29,34)(H,32,33). The minimum absolute atomic E-state index is 0.0502. The van der Waals surface area contributed by atoms with Gasteiger partial charge in [0, 0.05) is 25.7 Å². The van der Waals surface area contributed by atoms with E-state index in [0.717, 1.165) is 22.3 Å². The quantitative estimate of drug-likeness (QED) is 0.436. The summed E-state index contributed by atoms with van der Waals surface area (Å²) in [6.07, 6.45) is 1.13. The largest absolute Gasteiger partial charge is 0.481 e. The first-order chi connectivity index (χ1) is 16.9. The number of aryl methyl sites for hydroxylation is 1. The smallest absolute Gasteiger partial charge is 0.408 e. The van der Waals surface area contributed by atoms with Crippen molar-refractivity contribution in [1.29, 1.82) is 0 Å². The van der Waals surface area contributed by atoms with E-state index in [-0.39, 0.29) is 19.1 Å². The van der Waals surface area contributed by atoms with E-state index in [1.165, 1.54) is 10.9 Å². The molecule has 1 heterocycles.